The molecule has 142 valence electrons. The topological polar surface area (TPSA) is 54.9 Å². The highest BCUT2D eigenvalue weighted by Crippen LogP contribution is 2.21. The molecule has 0 bridgehead atoms. The van der Waals surface area contributed by atoms with Crippen LogP contribution in [0.1, 0.15) is 16.8 Å². The molecule has 6 nitrogen and oxygen atoms in total. The van der Waals surface area contributed by atoms with Crippen molar-refractivity contribution in [2.24, 2.45) is 0 Å². The molecule has 1 aromatic heterocycles. The summed E-state index contributed by atoms with van der Waals surface area (Å²) >= 11 is 3.36. The molecule has 2 fully saturated rings. The first-order chi connectivity index (χ1) is 13.2. The highest BCUT2D eigenvalue weighted by molar-refractivity contribution is 9.10. The predicted octanol–water partition coefficient (Wildman–Crippen LogP) is 2.97. The Kier molecular flexibility index (Phi) is 5.59. The minimum absolute atomic E-state index is 0.0183. The quantitative estimate of drug-likeness (QED) is 0.744. The third-order valence-corrected chi connectivity index (χ3v) is 5.38. The number of carbonyl (C=O) groups excluding carboxylic acids is 1. The van der Waals surface area contributed by atoms with Gasteiger partial charge >= 0.3 is 0 Å². The molecule has 4 rings (SSSR count). The molecule has 0 N–H and O–H groups in total. The van der Waals surface area contributed by atoms with Gasteiger partial charge < -0.3 is 19.3 Å². The molecular weight excluding hydrogens is 410 g/mol. The lowest BCUT2D eigenvalue weighted by Crippen LogP contribution is -2.36. The summed E-state index contributed by atoms with van der Waals surface area (Å²) in [6.45, 7) is 4.57. The average molecular weight is 432 g/mol. The first-order valence-corrected chi connectivity index (χ1v) is 9.98. The fourth-order valence-electron chi connectivity index (χ4n) is 3.43. The van der Waals surface area contributed by atoms with Gasteiger partial charge in [-0.1, -0.05) is 0 Å². The van der Waals surface area contributed by atoms with Gasteiger partial charge in [0.05, 0.1) is 19.8 Å². The molecule has 1 aromatic carbocycles. The Morgan fingerprint density at radius 2 is 1.89 bits per heavy atom. The second-order valence-corrected chi connectivity index (χ2v) is 7.66. The van der Waals surface area contributed by atoms with Crippen LogP contribution in [0.4, 0.5) is 5.69 Å². The van der Waals surface area contributed by atoms with Crippen LogP contribution in [-0.4, -0.2) is 61.3 Å². The van der Waals surface area contributed by atoms with Crippen molar-refractivity contribution in [3.63, 3.8) is 0 Å². The molecule has 0 unspecified atom stereocenters. The Hall–Kier alpha value is -2.12. The lowest BCUT2D eigenvalue weighted by atomic mass is 10.1. The van der Waals surface area contributed by atoms with Crippen molar-refractivity contribution in [3.8, 4) is 5.88 Å². The molecule has 27 heavy (non-hydrogen) atoms. The van der Waals surface area contributed by atoms with Crippen molar-refractivity contribution in [2.45, 2.75) is 12.5 Å². The lowest BCUT2D eigenvalue weighted by molar-refractivity contribution is 0.0771. The minimum Gasteiger partial charge on any atom is -0.472 e. The zero-order valence-corrected chi connectivity index (χ0v) is 16.6. The number of aromatic nitrogens is 1. The molecule has 2 saturated heterocycles. The van der Waals surface area contributed by atoms with Crippen molar-refractivity contribution in [1.29, 1.82) is 0 Å². The zero-order valence-electron chi connectivity index (χ0n) is 15.0. The second kappa shape index (κ2) is 8.27. The van der Waals surface area contributed by atoms with E-state index >= 15 is 0 Å². The van der Waals surface area contributed by atoms with Gasteiger partial charge in [0, 0.05) is 54.0 Å². The predicted molar refractivity (Wildman–Crippen MR) is 106 cm³/mol. The Morgan fingerprint density at radius 3 is 2.59 bits per heavy atom. The Balaban J connectivity index is 1.34. The molecule has 0 spiro atoms. The second-order valence-electron chi connectivity index (χ2n) is 6.74. The van der Waals surface area contributed by atoms with E-state index in [2.05, 4.69) is 25.8 Å². The Bertz CT molecular complexity index is 776. The van der Waals surface area contributed by atoms with Crippen LogP contribution in [0, 0.1) is 0 Å². The first-order valence-electron chi connectivity index (χ1n) is 9.19. The smallest absolute Gasteiger partial charge is 0.253 e. The number of amides is 1. The maximum atomic E-state index is 12.8. The van der Waals surface area contributed by atoms with Gasteiger partial charge in [0.2, 0.25) is 5.88 Å². The molecule has 0 radical (unpaired) electrons. The van der Waals surface area contributed by atoms with Crippen molar-refractivity contribution in [2.75, 3.05) is 44.3 Å². The molecule has 1 atom stereocenters. The summed E-state index contributed by atoms with van der Waals surface area (Å²) in [7, 11) is 0. The monoisotopic (exact) mass is 431 g/mol. The van der Waals surface area contributed by atoms with Crippen molar-refractivity contribution in [1.82, 2.24) is 9.88 Å². The van der Waals surface area contributed by atoms with E-state index in [0.717, 1.165) is 48.4 Å². The van der Waals surface area contributed by atoms with Gasteiger partial charge in [0.15, 0.2) is 0 Å². The number of hydrogen-bond donors (Lipinski definition) is 0. The number of anilines is 1. The highest BCUT2D eigenvalue weighted by Gasteiger charge is 2.28. The SMILES string of the molecule is O=C(c1ccc(N2CCOCC2)cc1)N1CC[C@@H](Oc2ccc(Br)cn2)C1. The van der Waals surface area contributed by atoms with E-state index in [1.54, 1.807) is 6.20 Å². The van der Waals surface area contributed by atoms with Crippen LogP contribution < -0.4 is 9.64 Å². The maximum Gasteiger partial charge on any atom is 0.253 e. The number of hydrogen-bond acceptors (Lipinski definition) is 5. The third kappa shape index (κ3) is 4.42. The number of benzene rings is 1. The summed E-state index contributed by atoms with van der Waals surface area (Å²) in [5.74, 6) is 0.644. The molecule has 0 saturated carbocycles. The van der Waals surface area contributed by atoms with Crippen molar-refractivity contribution in [3.05, 3.63) is 52.6 Å². The van der Waals surface area contributed by atoms with Gasteiger partial charge in [0.25, 0.3) is 5.91 Å². The average Bonchev–Trinajstić information content (AvgIpc) is 3.18. The van der Waals surface area contributed by atoms with Gasteiger partial charge in [-0.05, 0) is 46.3 Å². The number of pyridine rings is 1. The number of ether oxygens (including phenoxy) is 2. The van der Waals surface area contributed by atoms with Gasteiger partial charge in [-0.3, -0.25) is 4.79 Å². The van der Waals surface area contributed by atoms with E-state index in [1.165, 1.54) is 0 Å². The molecular formula is C20H22BrN3O3. The number of nitrogens with zero attached hydrogens (tertiary/aromatic N) is 3. The lowest BCUT2D eigenvalue weighted by Gasteiger charge is -2.29. The summed E-state index contributed by atoms with van der Waals surface area (Å²) in [6.07, 6.45) is 2.51. The number of halogens is 1. The standard InChI is InChI=1S/C20H22BrN3O3/c21-16-3-6-19(22-13-16)27-18-7-8-24(14-18)20(25)15-1-4-17(5-2-15)23-9-11-26-12-10-23/h1-6,13,18H,7-12,14H2/t18-/m1/s1. The van der Waals surface area contributed by atoms with E-state index in [9.17, 15) is 4.79 Å². The maximum absolute atomic E-state index is 12.8. The summed E-state index contributed by atoms with van der Waals surface area (Å²) in [5.41, 5.74) is 1.85. The summed E-state index contributed by atoms with van der Waals surface area (Å²) in [6, 6.07) is 11.6. The van der Waals surface area contributed by atoms with E-state index in [0.29, 0.717) is 19.0 Å². The molecule has 2 aliphatic heterocycles. The van der Waals surface area contributed by atoms with Crippen LogP contribution >= 0.6 is 15.9 Å². The molecule has 2 aliphatic rings. The van der Waals surface area contributed by atoms with Gasteiger partial charge in [-0.25, -0.2) is 4.98 Å². The van der Waals surface area contributed by atoms with Crippen LogP contribution in [0.3, 0.4) is 0 Å². The van der Waals surface area contributed by atoms with Crippen LogP contribution in [0.2, 0.25) is 0 Å². The van der Waals surface area contributed by atoms with Crippen LogP contribution in [0.5, 0.6) is 5.88 Å². The molecule has 1 amide bonds. The third-order valence-electron chi connectivity index (χ3n) is 4.91. The highest BCUT2D eigenvalue weighted by atomic mass is 79.9. The zero-order chi connectivity index (χ0) is 18.6. The number of rotatable bonds is 4. The normalized spacial score (nSPS) is 20.0. The molecule has 0 aliphatic carbocycles. The van der Waals surface area contributed by atoms with E-state index in [4.69, 9.17) is 9.47 Å². The number of carbonyl (C=O) groups is 1. The Labute approximate surface area is 167 Å². The van der Waals surface area contributed by atoms with Crippen molar-refractivity contribution < 1.29 is 14.3 Å². The summed E-state index contributed by atoms with van der Waals surface area (Å²) in [5, 5.41) is 0. The van der Waals surface area contributed by atoms with Crippen LogP contribution in [-0.2, 0) is 4.74 Å². The van der Waals surface area contributed by atoms with Crippen LogP contribution in [0.15, 0.2) is 47.1 Å². The van der Waals surface area contributed by atoms with E-state index in [-0.39, 0.29) is 12.0 Å². The first kappa shape index (κ1) is 18.3. The fourth-order valence-corrected chi connectivity index (χ4v) is 3.67. The minimum atomic E-state index is -0.0183. The molecule has 7 heteroatoms. The van der Waals surface area contributed by atoms with E-state index in [1.807, 2.05) is 41.3 Å². The van der Waals surface area contributed by atoms with Gasteiger partial charge in [-0.2, -0.15) is 0 Å². The molecule has 2 aromatic rings. The fraction of sp³-hybridized carbons (Fsp3) is 0.400. The summed E-state index contributed by atoms with van der Waals surface area (Å²) < 4.78 is 12.2. The molecule has 3 heterocycles. The number of morpholine rings is 1. The van der Waals surface area contributed by atoms with Crippen LogP contribution in [0.25, 0.3) is 0 Å². The number of likely N-dealkylation sites (tertiary alicyclic amines) is 1. The van der Waals surface area contributed by atoms with Gasteiger partial charge in [-0.15, -0.1) is 0 Å². The van der Waals surface area contributed by atoms with E-state index < -0.39 is 0 Å². The van der Waals surface area contributed by atoms with Gasteiger partial charge in [0.1, 0.15) is 6.10 Å². The van der Waals surface area contributed by atoms with Crippen molar-refractivity contribution >= 4 is 27.5 Å². The Morgan fingerprint density at radius 1 is 1.11 bits per heavy atom. The largest absolute Gasteiger partial charge is 0.472 e. The summed E-state index contributed by atoms with van der Waals surface area (Å²) in [4.78, 5) is 21.2.